The fraction of sp³-hybridized carbons (Fsp3) is 0.441. The number of nitrogens with two attached hydrogens (primary N) is 1. The Labute approximate surface area is 290 Å². The lowest BCUT2D eigenvalue weighted by Crippen LogP contribution is -2.44. The number of anilines is 1. The number of hydrogen-bond donors (Lipinski definition) is 3. The molecule has 1 fully saturated rings. The summed E-state index contributed by atoms with van der Waals surface area (Å²) < 4.78 is 45.4. The molecule has 0 saturated carbocycles. The molecule has 2 aromatic carbocycles. The molecule has 0 aliphatic carbocycles. The molecule has 0 spiro atoms. The van der Waals surface area contributed by atoms with Gasteiger partial charge in [-0.2, -0.15) is 5.48 Å². The Kier molecular flexibility index (Phi) is 13.4. The summed E-state index contributed by atoms with van der Waals surface area (Å²) in [5, 5.41) is 2.91. The van der Waals surface area contributed by atoms with Crippen LogP contribution in [-0.2, 0) is 50.6 Å². The number of nitrogen functional groups attached to an aromatic ring is 1. The molecule has 2 aromatic heterocycles. The maximum absolute atomic E-state index is 14.7. The second kappa shape index (κ2) is 18.1. The first-order valence-electron chi connectivity index (χ1n) is 16.7. The number of nitrogens with one attached hydrogen (secondary N) is 2. The average molecular weight is 710 g/mol. The van der Waals surface area contributed by atoms with Gasteiger partial charge in [-0.15, -0.1) is 0 Å². The third-order valence-electron chi connectivity index (χ3n) is 7.84. The number of benzene rings is 2. The van der Waals surface area contributed by atoms with E-state index in [9.17, 15) is 14.2 Å². The molecule has 1 saturated heterocycles. The molecule has 16 heteroatoms. The van der Waals surface area contributed by atoms with E-state index in [0.717, 1.165) is 11.1 Å². The van der Waals surface area contributed by atoms with Crippen molar-refractivity contribution in [2.45, 2.75) is 70.4 Å². The van der Waals surface area contributed by atoms with Crippen LogP contribution in [0.4, 0.5) is 5.82 Å². The number of fused-ring (bicyclic) bond motifs is 1. The van der Waals surface area contributed by atoms with E-state index in [0.29, 0.717) is 30.4 Å². The van der Waals surface area contributed by atoms with E-state index in [4.69, 9.17) is 29.3 Å². The molecule has 5 rings (SSSR count). The lowest BCUT2D eigenvalue weighted by Gasteiger charge is -2.27. The number of ether oxygens (including phenoxy) is 4. The lowest BCUT2D eigenvalue weighted by atomic mass is 10.1. The predicted octanol–water partition coefficient (Wildman–Crippen LogP) is 4.10. The molecule has 3 heterocycles. The van der Waals surface area contributed by atoms with Gasteiger partial charge in [-0.25, -0.2) is 24.7 Å². The molecule has 50 heavy (non-hydrogen) atoms. The average Bonchev–Trinajstić information content (AvgIpc) is 3.79. The van der Waals surface area contributed by atoms with E-state index >= 15 is 0 Å². The molecule has 0 radical (unpaired) electrons. The summed E-state index contributed by atoms with van der Waals surface area (Å²) >= 11 is 0. The van der Waals surface area contributed by atoms with Crippen LogP contribution < -0.4 is 16.3 Å². The molecule has 0 bridgehead atoms. The van der Waals surface area contributed by atoms with E-state index in [-0.39, 0.29) is 38.5 Å². The first-order chi connectivity index (χ1) is 24.3. The molecule has 4 N–H and O–H groups in total. The van der Waals surface area contributed by atoms with Crippen molar-refractivity contribution in [2.75, 3.05) is 31.9 Å². The number of nitrogens with zero attached hydrogens (tertiary/aromatic N) is 4. The van der Waals surface area contributed by atoms with Crippen molar-refractivity contribution in [1.82, 2.24) is 30.1 Å². The number of aromatic nitrogens is 4. The number of hydroxylamine groups is 1. The summed E-state index contributed by atoms with van der Waals surface area (Å²) in [6, 6.07) is 16.5. The van der Waals surface area contributed by atoms with E-state index < -0.39 is 50.2 Å². The summed E-state index contributed by atoms with van der Waals surface area (Å²) in [6.07, 6.45) is 3.43. The Morgan fingerprint density at radius 3 is 2.20 bits per heavy atom. The third-order valence-corrected chi connectivity index (χ3v) is 9.44. The van der Waals surface area contributed by atoms with Crippen LogP contribution in [0.15, 0.2) is 73.3 Å². The second-order valence-corrected chi connectivity index (χ2v) is 13.9. The molecule has 1 aliphatic rings. The molecule has 15 nitrogen and oxygen atoms in total. The van der Waals surface area contributed by atoms with Crippen LogP contribution in [0.1, 0.15) is 50.5 Å². The van der Waals surface area contributed by atoms with E-state index in [1.54, 1.807) is 10.9 Å². The van der Waals surface area contributed by atoms with Crippen LogP contribution in [0.5, 0.6) is 0 Å². The number of hydrogen-bond acceptors (Lipinski definition) is 13. The monoisotopic (exact) mass is 709 g/mol. The highest BCUT2D eigenvalue weighted by atomic mass is 31.2. The Morgan fingerprint density at radius 1 is 0.940 bits per heavy atom. The van der Waals surface area contributed by atoms with Gasteiger partial charge in [-0.1, -0.05) is 74.5 Å². The minimum Gasteiger partial charge on any atom is -0.465 e. The predicted molar refractivity (Wildman–Crippen MR) is 184 cm³/mol. The van der Waals surface area contributed by atoms with Crippen molar-refractivity contribution in [3.8, 4) is 0 Å². The summed E-state index contributed by atoms with van der Waals surface area (Å²) in [4.78, 5) is 39.0. The van der Waals surface area contributed by atoms with Gasteiger partial charge < -0.3 is 24.7 Å². The number of carbonyl (C=O) groups is 2. The second-order valence-electron chi connectivity index (χ2n) is 11.9. The fourth-order valence-corrected chi connectivity index (χ4v) is 6.87. The van der Waals surface area contributed by atoms with Gasteiger partial charge in [0.15, 0.2) is 11.5 Å². The van der Waals surface area contributed by atoms with Gasteiger partial charge in [0.1, 0.15) is 36.5 Å². The van der Waals surface area contributed by atoms with Crippen molar-refractivity contribution in [3.05, 3.63) is 84.4 Å². The molecular formula is C34H44N7O8P. The van der Waals surface area contributed by atoms with Crippen molar-refractivity contribution >= 4 is 36.4 Å². The summed E-state index contributed by atoms with van der Waals surface area (Å²) in [7, 11) is -4.10. The smallest absolute Gasteiger partial charge is 0.325 e. The van der Waals surface area contributed by atoms with Gasteiger partial charge in [0.2, 0.25) is 0 Å². The van der Waals surface area contributed by atoms with Crippen LogP contribution in [0, 0.1) is 0 Å². The van der Waals surface area contributed by atoms with Crippen molar-refractivity contribution in [2.24, 2.45) is 0 Å². The molecule has 268 valence electrons. The van der Waals surface area contributed by atoms with E-state index in [1.807, 2.05) is 74.5 Å². The topological polar surface area (TPSA) is 191 Å². The number of carbonyl (C=O) groups excluding carboxylic acids is 2. The number of esters is 2. The Balaban J connectivity index is 1.35. The maximum Gasteiger partial charge on any atom is 0.325 e. The molecule has 1 unspecified atom stereocenters. The summed E-state index contributed by atoms with van der Waals surface area (Å²) in [6.45, 7) is 4.34. The molecule has 5 atom stereocenters. The van der Waals surface area contributed by atoms with Crippen molar-refractivity contribution in [1.29, 1.82) is 0 Å². The van der Waals surface area contributed by atoms with Gasteiger partial charge in [-0.3, -0.25) is 18.7 Å². The first kappa shape index (κ1) is 37.0. The summed E-state index contributed by atoms with van der Waals surface area (Å²) in [5.41, 5.74) is 11.3. The minimum atomic E-state index is -4.10. The number of imidazole rings is 1. The van der Waals surface area contributed by atoms with Gasteiger partial charge in [0.05, 0.1) is 32.3 Å². The summed E-state index contributed by atoms with van der Waals surface area (Å²) in [5.74, 6) is -0.918. The highest BCUT2D eigenvalue weighted by Crippen LogP contribution is 2.44. The van der Waals surface area contributed by atoms with Crippen LogP contribution in [-0.4, -0.2) is 75.8 Å². The number of rotatable bonds is 19. The van der Waals surface area contributed by atoms with Crippen LogP contribution >= 0.6 is 7.52 Å². The largest absolute Gasteiger partial charge is 0.465 e. The van der Waals surface area contributed by atoms with Gasteiger partial charge in [0, 0.05) is 12.8 Å². The highest BCUT2D eigenvalue weighted by molar-refractivity contribution is 7.56. The van der Waals surface area contributed by atoms with Gasteiger partial charge in [-0.05, 0) is 30.4 Å². The third kappa shape index (κ3) is 10.2. The van der Waals surface area contributed by atoms with E-state index in [2.05, 4.69) is 25.5 Å². The van der Waals surface area contributed by atoms with Crippen LogP contribution in [0.3, 0.4) is 0 Å². The molecule has 4 aromatic rings. The Hall–Kier alpha value is -4.24. The van der Waals surface area contributed by atoms with Crippen LogP contribution in [0.25, 0.3) is 11.2 Å². The maximum atomic E-state index is 14.7. The van der Waals surface area contributed by atoms with Crippen LogP contribution in [0.2, 0.25) is 0 Å². The molecular weight excluding hydrogens is 665 g/mol. The first-order valence-corrected chi connectivity index (χ1v) is 18.5. The fourth-order valence-electron chi connectivity index (χ4n) is 5.31. The molecule has 0 amide bonds. The Bertz CT molecular complexity index is 1730. The minimum absolute atomic E-state index is 0.163. The normalized spacial score (nSPS) is 18.4. The van der Waals surface area contributed by atoms with Gasteiger partial charge in [0.25, 0.3) is 0 Å². The quantitative estimate of drug-likeness (QED) is 0.0716. The van der Waals surface area contributed by atoms with E-state index in [1.165, 1.54) is 6.33 Å². The van der Waals surface area contributed by atoms with Crippen molar-refractivity contribution < 1.29 is 37.7 Å². The Morgan fingerprint density at radius 2 is 1.56 bits per heavy atom. The SMILES string of the molecule is CCCOC(=O)[C@H](Cc1ccccc1)NOP(=O)(CO[C@H]1CO[C@@H](n2cnc3c(N)ncnc32)C1)N[C@@H](Cc1ccccc1)C(=O)OCCC. The highest BCUT2D eigenvalue weighted by Gasteiger charge is 2.37. The van der Waals surface area contributed by atoms with Crippen molar-refractivity contribution in [3.63, 3.8) is 0 Å². The molecule has 1 aliphatic heterocycles. The zero-order valence-electron chi connectivity index (χ0n) is 28.2. The zero-order valence-corrected chi connectivity index (χ0v) is 29.1. The standard InChI is InChI=1S/C34H44N7O8P/c1-3-15-45-33(42)27(17-24-11-7-5-8-12-24)39-49-50(44,40-28(34(43)46-16-4-2)18-25-13-9-6-10-14-25)23-48-26-19-29(47-20-26)41-22-38-30-31(35)36-21-37-32(30)41/h5-14,21-22,26-29,39H,3-4,15-20,23H2,1-2H3,(H,40,44)(H2,35,36,37)/t26-,27+,28+,29-,50?/m1/s1. The lowest BCUT2D eigenvalue weighted by molar-refractivity contribution is -0.149. The zero-order chi connectivity index (χ0) is 35.3. The van der Waals surface area contributed by atoms with Gasteiger partial charge >= 0.3 is 19.5 Å².